The molecule has 0 aliphatic carbocycles. The number of esters is 1. The number of ether oxygens (including phenoxy) is 3. The molecule has 1 fully saturated rings. The molecule has 0 radical (unpaired) electrons. The summed E-state index contributed by atoms with van der Waals surface area (Å²) in [6, 6.07) is 10.8. The summed E-state index contributed by atoms with van der Waals surface area (Å²) in [5, 5.41) is 2.82. The Hall–Kier alpha value is -3.22. The third-order valence-corrected chi connectivity index (χ3v) is 5.23. The van der Waals surface area contributed by atoms with Crippen LogP contribution in [0, 0.1) is 6.92 Å². The van der Waals surface area contributed by atoms with Crippen LogP contribution in [0.2, 0.25) is 0 Å². The molecule has 0 spiro atoms. The number of nitrogens with one attached hydrogen (secondary N) is 1. The number of amides is 1. The first-order valence-electron chi connectivity index (χ1n) is 11.2. The average Bonchev–Trinajstić information content (AvgIpc) is 3.33. The molecule has 1 aliphatic heterocycles. The maximum atomic E-state index is 12.4. The monoisotopic (exact) mass is 440 g/mol. The van der Waals surface area contributed by atoms with Crippen molar-refractivity contribution < 1.29 is 23.8 Å². The van der Waals surface area contributed by atoms with E-state index in [1.807, 2.05) is 32.9 Å². The van der Waals surface area contributed by atoms with Gasteiger partial charge in [-0.3, -0.25) is 4.79 Å². The van der Waals surface area contributed by atoms with Crippen molar-refractivity contribution in [2.45, 2.75) is 40.0 Å². The van der Waals surface area contributed by atoms with Crippen molar-refractivity contribution in [3.63, 3.8) is 0 Å². The molecule has 1 amide bonds. The summed E-state index contributed by atoms with van der Waals surface area (Å²) in [6.45, 7) is 8.60. The Morgan fingerprint density at radius 3 is 2.47 bits per heavy atom. The molecule has 2 aromatic carbocycles. The minimum absolute atomic E-state index is 0.302. The van der Waals surface area contributed by atoms with Gasteiger partial charge >= 0.3 is 5.97 Å². The SMILES string of the molecule is CCCOc1ccc(C(=O)OCC(=O)Nc2ccc(N3CCCC3)cc2C)cc1OCC. The van der Waals surface area contributed by atoms with Crippen molar-refractivity contribution >= 4 is 23.3 Å². The van der Waals surface area contributed by atoms with Gasteiger partial charge in [0.2, 0.25) is 0 Å². The lowest BCUT2D eigenvalue weighted by Gasteiger charge is -2.19. The van der Waals surface area contributed by atoms with Crippen molar-refractivity contribution in [2.75, 3.05) is 43.1 Å². The van der Waals surface area contributed by atoms with Crippen LogP contribution in [0.3, 0.4) is 0 Å². The summed E-state index contributed by atoms with van der Waals surface area (Å²) in [6.07, 6.45) is 3.29. The number of hydrogen-bond acceptors (Lipinski definition) is 6. The Balaban J connectivity index is 1.56. The largest absolute Gasteiger partial charge is 0.490 e. The highest BCUT2D eigenvalue weighted by Gasteiger charge is 2.16. The number of carbonyl (C=O) groups excluding carboxylic acids is 2. The maximum Gasteiger partial charge on any atom is 0.338 e. The van der Waals surface area contributed by atoms with Crippen LogP contribution >= 0.6 is 0 Å². The normalized spacial score (nSPS) is 13.0. The molecule has 0 unspecified atom stereocenters. The lowest BCUT2D eigenvalue weighted by molar-refractivity contribution is -0.119. The van der Waals surface area contributed by atoms with Gasteiger partial charge in [0.25, 0.3) is 5.91 Å². The van der Waals surface area contributed by atoms with E-state index in [1.54, 1.807) is 18.2 Å². The van der Waals surface area contributed by atoms with Gasteiger partial charge in [-0.15, -0.1) is 0 Å². The van der Waals surface area contributed by atoms with E-state index in [9.17, 15) is 9.59 Å². The third-order valence-electron chi connectivity index (χ3n) is 5.23. The highest BCUT2D eigenvalue weighted by Crippen LogP contribution is 2.29. The lowest BCUT2D eigenvalue weighted by atomic mass is 10.1. The van der Waals surface area contributed by atoms with Crippen LogP contribution < -0.4 is 19.7 Å². The minimum atomic E-state index is -0.593. The highest BCUT2D eigenvalue weighted by molar-refractivity contribution is 5.96. The Morgan fingerprint density at radius 1 is 1.00 bits per heavy atom. The van der Waals surface area contributed by atoms with Gasteiger partial charge in [0.1, 0.15) is 0 Å². The quantitative estimate of drug-likeness (QED) is 0.545. The predicted molar refractivity (Wildman–Crippen MR) is 125 cm³/mol. The molecule has 1 heterocycles. The molecule has 2 aromatic rings. The molecular weight excluding hydrogens is 408 g/mol. The molecule has 0 saturated carbocycles. The summed E-state index contributed by atoms with van der Waals surface area (Å²) in [4.78, 5) is 27.1. The van der Waals surface area contributed by atoms with Crippen molar-refractivity contribution in [3.8, 4) is 11.5 Å². The summed E-state index contributed by atoms with van der Waals surface area (Å²) < 4.78 is 16.4. The maximum absolute atomic E-state index is 12.4. The number of carbonyl (C=O) groups is 2. The zero-order valence-electron chi connectivity index (χ0n) is 19.1. The summed E-state index contributed by atoms with van der Waals surface area (Å²) in [7, 11) is 0. The van der Waals surface area contributed by atoms with Crippen LogP contribution in [0.15, 0.2) is 36.4 Å². The lowest BCUT2D eigenvalue weighted by Crippen LogP contribution is -2.22. The van der Waals surface area contributed by atoms with E-state index in [1.165, 1.54) is 18.5 Å². The molecule has 1 saturated heterocycles. The molecule has 1 N–H and O–H groups in total. The number of benzene rings is 2. The Kier molecular flexibility index (Phi) is 8.36. The first-order valence-corrected chi connectivity index (χ1v) is 11.2. The number of nitrogens with zero attached hydrogens (tertiary/aromatic N) is 1. The van der Waals surface area contributed by atoms with Gasteiger partial charge in [-0.05, 0) is 75.1 Å². The number of hydrogen-bond donors (Lipinski definition) is 1. The van der Waals surface area contributed by atoms with E-state index in [-0.39, 0.29) is 12.5 Å². The van der Waals surface area contributed by atoms with E-state index >= 15 is 0 Å². The van der Waals surface area contributed by atoms with Crippen LogP contribution in [-0.4, -0.2) is 44.8 Å². The van der Waals surface area contributed by atoms with Gasteiger partial charge in [0.05, 0.1) is 18.8 Å². The van der Waals surface area contributed by atoms with Crippen molar-refractivity contribution in [2.24, 2.45) is 0 Å². The first-order chi connectivity index (χ1) is 15.5. The Morgan fingerprint density at radius 2 is 1.78 bits per heavy atom. The molecule has 7 nitrogen and oxygen atoms in total. The fourth-order valence-electron chi connectivity index (χ4n) is 3.60. The Bertz CT molecular complexity index is 938. The van der Waals surface area contributed by atoms with E-state index in [4.69, 9.17) is 14.2 Å². The second kappa shape index (κ2) is 11.4. The van der Waals surface area contributed by atoms with E-state index in [2.05, 4.69) is 16.3 Å². The van der Waals surface area contributed by atoms with Gasteiger partial charge < -0.3 is 24.4 Å². The zero-order valence-corrected chi connectivity index (χ0v) is 19.1. The fraction of sp³-hybridized carbons (Fsp3) is 0.440. The van der Waals surface area contributed by atoms with Crippen LogP contribution in [0.25, 0.3) is 0 Å². The van der Waals surface area contributed by atoms with E-state index in [0.717, 1.165) is 25.1 Å². The molecule has 3 rings (SSSR count). The summed E-state index contributed by atoms with van der Waals surface area (Å²) in [5.41, 5.74) is 3.15. The molecule has 0 aromatic heterocycles. The predicted octanol–water partition coefficient (Wildman–Crippen LogP) is 4.58. The second-order valence-corrected chi connectivity index (χ2v) is 7.76. The summed E-state index contributed by atoms with van der Waals surface area (Å²) >= 11 is 0. The van der Waals surface area contributed by atoms with E-state index < -0.39 is 5.97 Å². The first kappa shape index (κ1) is 23.4. The molecule has 32 heavy (non-hydrogen) atoms. The van der Waals surface area contributed by atoms with Crippen LogP contribution in [0.4, 0.5) is 11.4 Å². The van der Waals surface area contributed by atoms with E-state index in [0.29, 0.717) is 36.0 Å². The van der Waals surface area contributed by atoms with Gasteiger partial charge in [-0.2, -0.15) is 0 Å². The molecule has 7 heteroatoms. The zero-order chi connectivity index (χ0) is 22.9. The second-order valence-electron chi connectivity index (χ2n) is 7.76. The molecule has 0 bridgehead atoms. The average molecular weight is 441 g/mol. The van der Waals surface area contributed by atoms with Crippen molar-refractivity contribution in [1.29, 1.82) is 0 Å². The van der Waals surface area contributed by atoms with Crippen LogP contribution in [0.5, 0.6) is 11.5 Å². The number of aryl methyl sites for hydroxylation is 1. The topological polar surface area (TPSA) is 77.1 Å². The van der Waals surface area contributed by atoms with Gasteiger partial charge in [-0.1, -0.05) is 6.92 Å². The highest BCUT2D eigenvalue weighted by atomic mass is 16.5. The third kappa shape index (κ3) is 6.15. The smallest absolute Gasteiger partial charge is 0.338 e. The van der Waals surface area contributed by atoms with Crippen LogP contribution in [0.1, 0.15) is 49.0 Å². The van der Waals surface area contributed by atoms with Crippen molar-refractivity contribution in [3.05, 3.63) is 47.5 Å². The molecular formula is C25H32N2O5. The standard InChI is InChI=1S/C25H32N2O5/c1-4-14-31-22-11-8-19(16-23(22)30-5-2)25(29)32-17-24(28)26-21-10-9-20(15-18(21)3)27-12-6-7-13-27/h8-11,15-16H,4-7,12-14,17H2,1-3H3,(H,26,28). The molecule has 0 atom stereocenters. The fourth-order valence-corrected chi connectivity index (χ4v) is 3.60. The van der Waals surface area contributed by atoms with Crippen molar-refractivity contribution in [1.82, 2.24) is 0 Å². The number of rotatable bonds is 10. The van der Waals surface area contributed by atoms with Gasteiger partial charge in [0.15, 0.2) is 18.1 Å². The Labute approximate surface area is 189 Å². The molecule has 172 valence electrons. The van der Waals surface area contributed by atoms with Gasteiger partial charge in [-0.25, -0.2) is 4.79 Å². The van der Waals surface area contributed by atoms with Crippen LogP contribution in [-0.2, 0) is 9.53 Å². The van der Waals surface area contributed by atoms with Gasteiger partial charge in [0, 0.05) is 24.5 Å². The minimum Gasteiger partial charge on any atom is -0.490 e. The summed E-state index contributed by atoms with van der Waals surface area (Å²) in [5.74, 6) is 0.0805. The number of anilines is 2. The molecule has 1 aliphatic rings.